The summed E-state index contributed by atoms with van der Waals surface area (Å²) in [7, 11) is -3.26. The number of piperazine rings is 1. The fourth-order valence-electron chi connectivity index (χ4n) is 6.57. The van der Waals surface area contributed by atoms with Gasteiger partial charge in [-0.2, -0.15) is 4.31 Å². The molecule has 4 N–H and O–H groups in total. The number of amides is 1. The number of aromatic nitrogens is 1. The molecule has 5 rings (SSSR count). The second kappa shape index (κ2) is 12.4. The SMILES string of the molecule is NC(C(=O)NC1CCCC1CCC1CNC2CCCS(=O)(=O)N1C2)C(c1cncc(F)c1)c1ccc(Cl)c(F)c1. The van der Waals surface area contributed by atoms with Crippen molar-refractivity contribution in [2.45, 2.75) is 75.0 Å². The van der Waals surface area contributed by atoms with Crippen LogP contribution < -0.4 is 16.4 Å². The zero-order valence-corrected chi connectivity index (χ0v) is 23.8. The van der Waals surface area contributed by atoms with E-state index in [0.717, 1.165) is 38.3 Å². The first kappa shape index (κ1) is 29.3. The van der Waals surface area contributed by atoms with E-state index in [9.17, 15) is 22.0 Å². The minimum absolute atomic E-state index is 0.0663. The van der Waals surface area contributed by atoms with E-state index in [1.54, 1.807) is 10.4 Å². The summed E-state index contributed by atoms with van der Waals surface area (Å²) in [6.45, 7) is 1.16. The number of nitrogens with one attached hydrogen (secondary N) is 2. The lowest BCUT2D eigenvalue weighted by Crippen LogP contribution is -2.57. The van der Waals surface area contributed by atoms with Gasteiger partial charge < -0.3 is 16.4 Å². The minimum Gasteiger partial charge on any atom is -0.352 e. The average molecular weight is 596 g/mol. The maximum absolute atomic E-state index is 14.4. The van der Waals surface area contributed by atoms with Gasteiger partial charge in [0.1, 0.15) is 11.6 Å². The zero-order chi connectivity index (χ0) is 28.4. The van der Waals surface area contributed by atoms with Gasteiger partial charge in [0.15, 0.2) is 0 Å². The maximum Gasteiger partial charge on any atom is 0.238 e. The van der Waals surface area contributed by atoms with Crippen molar-refractivity contribution >= 4 is 27.5 Å². The number of halogens is 3. The number of nitrogens with two attached hydrogens (primary N) is 1. The Morgan fingerprint density at radius 3 is 2.75 bits per heavy atom. The molecule has 3 aliphatic rings. The van der Waals surface area contributed by atoms with Gasteiger partial charge in [0, 0.05) is 43.3 Å². The molecule has 1 saturated carbocycles. The highest BCUT2D eigenvalue weighted by atomic mass is 35.5. The van der Waals surface area contributed by atoms with E-state index in [1.807, 2.05) is 0 Å². The fourth-order valence-corrected chi connectivity index (χ4v) is 8.49. The van der Waals surface area contributed by atoms with E-state index in [2.05, 4.69) is 15.6 Å². The molecule has 7 unspecified atom stereocenters. The molecular formula is C28H36ClF2N5O3S. The number of hydrogen-bond donors (Lipinski definition) is 3. The van der Waals surface area contributed by atoms with Gasteiger partial charge in [-0.05, 0) is 73.8 Å². The second-order valence-electron chi connectivity index (χ2n) is 11.3. The molecule has 2 aliphatic heterocycles. The van der Waals surface area contributed by atoms with Crippen LogP contribution in [0.5, 0.6) is 0 Å². The number of nitrogens with zero attached hydrogens (tertiary/aromatic N) is 2. The van der Waals surface area contributed by atoms with Crippen molar-refractivity contribution in [2.24, 2.45) is 11.7 Å². The third-order valence-corrected chi connectivity index (χ3v) is 10.9. The largest absolute Gasteiger partial charge is 0.352 e. The lowest BCUT2D eigenvalue weighted by molar-refractivity contribution is -0.123. The molecule has 3 heterocycles. The number of carbonyl (C=O) groups excluding carboxylic acids is 1. The van der Waals surface area contributed by atoms with Gasteiger partial charge in [-0.3, -0.25) is 9.78 Å². The molecule has 7 atom stereocenters. The second-order valence-corrected chi connectivity index (χ2v) is 13.7. The normalized spacial score (nSPS) is 29.4. The summed E-state index contributed by atoms with van der Waals surface area (Å²) in [6, 6.07) is 4.29. The van der Waals surface area contributed by atoms with Crippen LogP contribution in [0, 0.1) is 17.6 Å². The van der Waals surface area contributed by atoms with Crippen molar-refractivity contribution in [1.82, 2.24) is 19.9 Å². The highest BCUT2D eigenvalue weighted by molar-refractivity contribution is 7.89. The molecule has 40 heavy (non-hydrogen) atoms. The molecule has 12 heteroatoms. The van der Waals surface area contributed by atoms with E-state index >= 15 is 0 Å². The Hall–Kier alpha value is -2.18. The summed E-state index contributed by atoms with van der Waals surface area (Å²) in [4.78, 5) is 17.4. The Labute approximate surface area is 239 Å². The van der Waals surface area contributed by atoms with Crippen LogP contribution >= 0.6 is 11.6 Å². The molecule has 8 nitrogen and oxygen atoms in total. The topological polar surface area (TPSA) is 117 Å². The summed E-state index contributed by atoms with van der Waals surface area (Å²) < 4.78 is 55.8. The Bertz CT molecular complexity index is 1330. The molecular weight excluding hydrogens is 560 g/mol. The van der Waals surface area contributed by atoms with Crippen LogP contribution in [0.4, 0.5) is 8.78 Å². The Kier molecular flexibility index (Phi) is 9.06. The first-order valence-electron chi connectivity index (χ1n) is 14.0. The third kappa shape index (κ3) is 6.49. The first-order chi connectivity index (χ1) is 19.1. The van der Waals surface area contributed by atoms with Gasteiger partial charge in [0.2, 0.25) is 15.9 Å². The quantitative estimate of drug-likeness (QED) is 0.431. The lowest BCUT2D eigenvalue weighted by Gasteiger charge is -2.38. The predicted molar refractivity (Wildman–Crippen MR) is 149 cm³/mol. The number of sulfonamides is 1. The molecule has 1 aromatic heterocycles. The van der Waals surface area contributed by atoms with E-state index in [0.29, 0.717) is 37.1 Å². The van der Waals surface area contributed by atoms with Crippen LogP contribution in [0.2, 0.25) is 5.02 Å². The van der Waals surface area contributed by atoms with Gasteiger partial charge in [-0.1, -0.05) is 24.1 Å². The molecule has 0 spiro atoms. The first-order valence-corrected chi connectivity index (χ1v) is 16.0. The summed E-state index contributed by atoms with van der Waals surface area (Å²) in [6.07, 6.45) is 8.17. The van der Waals surface area contributed by atoms with Crippen molar-refractivity contribution in [3.8, 4) is 0 Å². The molecule has 1 aliphatic carbocycles. The molecule has 1 aromatic carbocycles. The summed E-state index contributed by atoms with van der Waals surface area (Å²) in [5, 5.41) is 6.54. The highest BCUT2D eigenvalue weighted by Crippen LogP contribution is 2.34. The van der Waals surface area contributed by atoms with Gasteiger partial charge in [-0.25, -0.2) is 17.2 Å². The van der Waals surface area contributed by atoms with Crippen LogP contribution in [0.1, 0.15) is 62.0 Å². The van der Waals surface area contributed by atoms with Gasteiger partial charge in [0.05, 0.1) is 23.0 Å². The van der Waals surface area contributed by atoms with Crippen LogP contribution in [-0.4, -0.2) is 66.6 Å². The van der Waals surface area contributed by atoms with E-state index in [-0.39, 0.29) is 34.8 Å². The van der Waals surface area contributed by atoms with Crippen molar-refractivity contribution in [1.29, 1.82) is 0 Å². The standard InChI is InChI=1S/C28H36ClF2N5O3S/c29-23-9-7-18(12-24(23)31)26(19-11-20(30)14-33-13-19)27(32)28(37)35-25-5-1-3-17(25)6-8-22-15-34-21-4-2-10-40(38,39)36(22)16-21/h7,9,11-14,17,21-22,25-27,34H,1-6,8,10,15-16,32H2,(H,35,37). The predicted octanol–water partition coefficient (Wildman–Crippen LogP) is 3.30. The zero-order valence-electron chi connectivity index (χ0n) is 22.2. The van der Waals surface area contributed by atoms with Crippen molar-refractivity contribution in [3.63, 3.8) is 0 Å². The van der Waals surface area contributed by atoms with E-state index in [1.165, 1.54) is 24.4 Å². The summed E-state index contributed by atoms with van der Waals surface area (Å²) in [5.74, 6) is -2.13. The van der Waals surface area contributed by atoms with Crippen LogP contribution in [-0.2, 0) is 14.8 Å². The molecule has 0 radical (unpaired) electrons. The number of carbonyl (C=O) groups is 1. The maximum atomic E-state index is 14.4. The minimum atomic E-state index is -3.26. The Morgan fingerprint density at radius 2 is 1.98 bits per heavy atom. The lowest BCUT2D eigenvalue weighted by atomic mass is 9.85. The average Bonchev–Trinajstić information content (AvgIpc) is 3.31. The highest BCUT2D eigenvalue weighted by Gasteiger charge is 2.39. The Morgan fingerprint density at radius 1 is 1.15 bits per heavy atom. The van der Waals surface area contributed by atoms with Gasteiger partial charge in [0.25, 0.3) is 0 Å². The molecule has 2 bridgehead atoms. The van der Waals surface area contributed by atoms with Crippen molar-refractivity contribution < 1.29 is 22.0 Å². The fraction of sp³-hybridized carbons (Fsp3) is 0.571. The summed E-state index contributed by atoms with van der Waals surface area (Å²) >= 11 is 5.87. The van der Waals surface area contributed by atoms with Crippen molar-refractivity contribution in [3.05, 3.63) is 64.4 Å². The molecule has 1 amide bonds. The Balaban J connectivity index is 1.27. The van der Waals surface area contributed by atoms with Gasteiger partial charge in [-0.15, -0.1) is 0 Å². The third-order valence-electron chi connectivity index (χ3n) is 8.67. The van der Waals surface area contributed by atoms with Gasteiger partial charge >= 0.3 is 0 Å². The molecule has 2 aromatic rings. The molecule has 3 fully saturated rings. The number of hydrogen-bond acceptors (Lipinski definition) is 6. The number of fused-ring (bicyclic) bond motifs is 2. The number of benzene rings is 1. The van der Waals surface area contributed by atoms with Crippen LogP contribution in [0.25, 0.3) is 0 Å². The number of pyridine rings is 1. The van der Waals surface area contributed by atoms with Crippen molar-refractivity contribution in [2.75, 3.05) is 18.8 Å². The van der Waals surface area contributed by atoms with E-state index in [4.69, 9.17) is 17.3 Å². The number of rotatable bonds is 8. The van der Waals surface area contributed by atoms with Crippen LogP contribution in [0.3, 0.4) is 0 Å². The van der Waals surface area contributed by atoms with E-state index < -0.39 is 39.5 Å². The smallest absolute Gasteiger partial charge is 0.238 e. The van der Waals surface area contributed by atoms with Crippen LogP contribution in [0.15, 0.2) is 36.7 Å². The molecule has 218 valence electrons. The molecule has 2 saturated heterocycles. The monoisotopic (exact) mass is 595 g/mol. The summed E-state index contributed by atoms with van der Waals surface area (Å²) in [5.41, 5.74) is 7.23.